The molecule has 0 radical (unpaired) electrons. The molecule has 0 amide bonds. The number of ether oxygens (including phenoxy) is 1. The van der Waals surface area contributed by atoms with E-state index in [0.717, 1.165) is 18.4 Å². The topological polar surface area (TPSA) is 26.3 Å². The Balaban J connectivity index is 1.56. The average molecular weight is 228 g/mol. The van der Waals surface area contributed by atoms with E-state index in [-0.39, 0.29) is 11.9 Å². The second-order valence-corrected chi connectivity index (χ2v) is 4.98. The van der Waals surface area contributed by atoms with Crippen LogP contribution in [0.4, 0.5) is 0 Å². The molecule has 0 aromatic heterocycles. The lowest BCUT2D eigenvalue weighted by Gasteiger charge is -2.16. The summed E-state index contributed by atoms with van der Waals surface area (Å²) in [5, 5.41) is 0. The van der Waals surface area contributed by atoms with E-state index in [4.69, 9.17) is 4.74 Å². The summed E-state index contributed by atoms with van der Waals surface area (Å²) in [7, 11) is 0. The van der Waals surface area contributed by atoms with Crippen LogP contribution in [0, 0.1) is 17.8 Å². The summed E-state index contributed by atoms with van der Waals surface area (Å²) in [5.41, 5.74) is 1.06. The number of rotatable bonds is 3. The van der Waals surface area contributed by atoms with E-state index in [2.05, 4.69) is 12.2 Å². The summed E-state index contributed by atoms with van der Waals surface area (Å²) in [4.78, 5) is 12.0. The molecule has 1 aromatic rings. The predicted octanol–water partition coefficient (Wildman–Crippen LogP) is 2.94. The minimum atomic E-state index is -0.0225. The summed E-state index contributed by atoms with van der Waals surface area (Å²) >= 11 is 0. The number of carbonyl (C=O) groups is 1. The minimum absolute atomic E-state index is 0.0225. The molecule has 2 nitrogen and oxygen atoms in total. The van der Waals surface area contributed by atoms with Crippen molar-refractivity contribution in [2.75, 3.05) is 0 Å². The normalized spacial score (nSPS) is 29.5. The van der Waals surface area contributed by atoms with Crippen molar-refractivity contribution >= 4 is 5.97 Å². The first-order chi connectivity index (χ1) is 8.33. The molecular formula is C15H16O2. The second kappa shape index (κ2) is 4.36. The van der Waals surface area contributed by atoms with E-state index < -0.39 is 0 Å². The van der Waals surface area contributed by atoms with Crippen molar-refractivity contribution in [3.8, 4) is 0 Å². The van der Waals surface area contributed by atoms with Gasteiger partial charge < -0.3 is 4.74 Å². The Morgan fingerprint density at radius 2 is 2.00 bits per heavy atom. The smallest absolute Gasteiger partial charge is 0.309 e. The molecular weight excluding hydrogens is 212 g/mol. The fraction of sp³-hybridized carbons (Fsp3) is 0.400. The van der Waals surface area contributed by atoms with Crippen LogP contribution in [0.3, 0.4) is 0 Å². The van der Waals surface area contributed by atoms with Gasteiger partial charge in [-0.2, -0.15) is 0 Å². The van der Waals surface area contributed by atoms with Crippen LogP contribution in [-0.4, -0.2) is 5.97 Å². The van der Waals surface area contributed by atoms with Crippen molar-refractivity contribution in [3.63, 3.8) is 0 Å². The van der Waals surface area contributed by atoms with Crippen molar-refractivity contribution in [1.82, 2.24) is 0 Å². The minimum Gasteiger partial charge on any atom is -0.461 e. The maximum absolute atomic E-state index is 12.0. The highest BCUT2D eigenvalue weighted by Crippen LogP contribution is 2.43. The van der Waals surface area contributed by atoms with E-state index in [1.54, 1.807) is 0 Å². The number of fused-ring (bicyclic) bond motifs is 2. The number of carbonyl (C=O) groups excluding carboxylic acids is 1. The van der Waals surface area contributed by atoms with Gasteiger partial charge in [-0.1, -0.05) is 42.5 Å². The van der Waals surface area contributed by atoms with Crippen LogP contribution < -0.4 is 0 Å². The summed E-state index contributed by atoms with van der Waals surface area (Å²) < 4.78 is 5.39. The summed E-state index contributed by atoms with van der Waals surface area (Å²) in [5.74, 6) is 1.14. The van der Waals surface area contributed by atoms with Crippen LogP contribution in [0.5, 0.6) is 0 Å². The summed E-state index contributed by atoms with van der Waals surface area (Å²) in [6.07, 6.45) is 6.55. The largest absolute Gasteiger partial charge is 0.461 e. The van der Waals surface area contributed by atoms with Gasteiger partial charge in [-0.25, -0.2) is 0 Å². The molecule has 2 bridgehead atoms. The fourth-order valence-electron chi connectivity index (χ4n) is 2.89. The molecule has 1 fully saturated rings. The van der Waals surface area contributed by atoms with Crippen LogP contribution in [0.2, 0.25) is 0 Å². The maximum atomic E-state index is 12.0. The van der Waals surface area contributed by atoms with Crippen molar-refractivity contribution in [2.24, 2.45) is 17.8 Å². The SMILES string of the molecule is O=C(OCc1ccccc1)C1C[C@H]2C=C[C@@H]1C2. The van der Waals surface area contributed by atoms with Gasteiger partial charge in [0, 0.05) is 0 Å². The standard InChI is InChI=1S/C15H16O2/c16-15(14-9-12-6-7-13(14)8-12)17-10-11-4-2-1-3-5-11/h1-7,12-14H,8-10H2/t12-,13+,14?/m0/s1. The number of esters is 1. The lowest BCUT2D eigenvalue weighted by Crippen LogP contribution is -2.21. The third kappa shape index (κ3) is 2.12. The molecule has 88 valence electrons. The molecule has 0 spiro atoms. The van der Waals surface area contributed by atoms with Crippen molar-refractivity contribution in [2.45, 2.75) is 19.4 Å². The lowest BCUT2D eigenvalue weighted by atomic mass is 9.94. The Morgan fingerprint density at radius 3 is 2.65 bits per heavy atom. The van der Waals surface area contributed by atoms with Crippen LogP contribution >= 0.6 is 0 Å². The molecule has 0 aliphatic heterocycles. The molecule has 3 rings (SSSR count). The van der Waals surface area contributed by atoms with Gasteiger partial charge in [0.2, 0.25) is 0 Å². The van der Waals surface area contributed by atoms with Gasteiger partial charge in [-0.05, 0) is 30.2 Å². The molecule has 0 saturated heterocycles. The monoisotopic (exact) mass is 228 g/mol. The molecule has 2 aliphatic rings. The van der Waals surface area contributed by atoms with E-state index in [1.807, 2.05) is 30.3 Å². The van der Waals surface area contributed by atoms with E-state index in [1.165, 1.54) is 0 Å². The van der Waals surface area contributed by atoms with Gasteiger partial charge in [0.15, 0.2) is 0 Å². The molecule has 0 N–H and O–H groups in total. The molecule has 2 aliphatic carbocycles. The lowest BCUT2D eigenvalue weighted by molar-refractivity contribution is -0.150. The van der Waals surface area contributed by atoms with Gasteiger partial charge in [0.1, 0.15) is 6.61 Å². The molecule has 17 heavy (non-hydrogen) atoms. The average Bonchev–Trinajstić information content (AvgIpc) is 2.99. The van der Waals surface area contributed by atoms with Crippen molar-refractivity contribution in [1.29, 1.82) is 0 Å². The Morgan fingerprint density at radius 1 is 1.18 bits per heavy atom. The highest BCUT2D eigenvalue weighted by molar-refractivity contribution is 5.74. The first-order valence-electron chi connectivity index (χ1n) is 6.22. The van der Waals surface area contributed by atoms with Gasteiger partial charge in [0.25, 0.3) is 0 Å². The third-order valence-corrected chi connectivity index (χ3v) is 3.81. The molecule has 1 unspecified atom stereocenters. The second-order valence-electron chi connectivity index (χ2n) is 4.98. The number of hydrogen-bond acceptors (Lipinski definition) is 2. The van der Waals surface area contributed by atoms with Crippen LogP contribution in [0.15, 0.2) is 42.5 Å². The molecule has 2 heteroatoms. The van der Waals surface area contributed by atoms with Crippen molar-refractivity contribution < 1.29 is 9.53 Å². The van der Waals surface area contributed by atoms with Gasteiger partial charge in [-0.15, -0.1) is 0 Å². The Labute approximate surface area is 101 Å². The van der Waals surface area contributed by atoms with Crippen LogP contribution in [-0.2, 0) is 16.1 Å². The molecule has 1 aromatic carbocycles. The molecule has 0 heterocycles. The summed E-state index contributed by atoms with van der Waals surface area (Å²) in [6.45, 7) is 0.400. The van der Waals surface area contributed by atoms with Crippen LogP contribution in [0.25, 0.3) is 0 Å². The predicted molar refractivity (Wildman–Crippen MR) is 65.1 cm³/mol. The van der Waals surface area contributed by atoms with E-state index in [9.17, 15) is 4.79 Å². The fourth-order valence-corrected chi connectivity index (χ4v) is 2.89. The van der Waals surface area contributed by atoms with Gasteiger partial charge in [-0.3, -0.25) is 4.79 Å². The van der Waals surface area contributed by atoms with Gasteiger partial charge in [0.05, 0.1) is 5.92 Å². The Kier molecular flexibility index (Phi) is 2.71. The third-order valence-electron chi connectivity index (χ3n) is 3.81. The number of hydrogen-bond donors (Lipinski definition) is 0. The highest BCUT2D eigenvalue weighted by Gasteiger charge is 2.40. The van der Waals surface area contributed by atoms with E-state index in [0.29, 0.717) is 18.4 Å². The Bertz CT molecular complexity index is 435. The number of benzene rings is 1. The molecule has 3 atom stereocenters. The zero-order valence-electron chi connectivity index (χ0n) is 9.71. The zero-order chi connectivity index (χ0) is 11.7. The Hall–Kier alpha value is -1.57. The zero-order valence-corrected chi connectivity index (χ0v) is 9.71. The van der Waals surface area contributed by atoms with E-state index >= 15 is 0 Å². The van der Waals surface area contributed by atoms with Gasteiger partial charge >= 0.3 is 5.97 Å². The first-order valence-corrected chi connectivity index (χ1v) is 6.22. The quantitative estimate of drug-likeness (QED) is 0.587. The van der Waals surface area contributed by atoms with Crippen molar-refractivity contribution in [3.05, 3.63) is 48.0 Å². The summed E-state index contributed by atoms with van der Waals surface area (Å²) in [6, 6.07) is 9.85. The highest BCUT2D eigenvalue weighted by atomic mass is 16.5. The molecule has 1 saturated carbocycles. The van der Waals surface area contributed by atoms with Crippen LogP contribution in [0.1, 0.15) is 18.4 Å². The maximum Gasteiger partial charge on any atom is 0.309 e. The number of allylic oxidation sites excluding steroid dienone is 2. The first kappa shape index (κ1) is 10.6.